The summed E-state index contributed by atoms with van der Waals surface area (Å²) < 4.78 is 10.8. The van der Waals surface area contributed by atoms with Gasteiger partial charge in [-0.15, -0.1) is 0 Å². The van der Waals surface area contributed by atoms with Gasteiger partial charge >= 0.3 is 0 Å². The molecule has 1 N–H and O–H groups in total. The van der Waals surface area contributed by atoms with Crippen molar-refractivity contribution in [2.24, 2.45) is 0 Å². The number of ether oxygens (including phenoxy) is 2. The normalized spacial score (nSPS) is 11.3. The molecule has 0 saturated heterocycles. The number of hydrogen-bond acceptors (Lipinski definition) is 4. The lowest BCUT2D eigenvalue weighted by Gasteiger charge is -2.16. The Morgan fingerprint density at radius 2 is 1.95 bits per heavy atom. The molecular formula is C16H28N2O2. The molecule has 0 saturated carbocycles. The highest BCUT2D eigenvalue weighted by atomic mass is 16.5. The van der Waals surface area contributed by atoms with E-state index in [4.69, 9.17) is 9.47 Å². The summed E-state index contributed by atoms with van der Waals surface area (Å²) in [6.45, 7) is 8.46. The fraction of sp³-hybridized carbons (Fsp3) is 0.625. The third-order valence-electron chi connectivity index (χ3n) is 3.03. The van der Waals surface area contributed by atoms with E-state index in [1.54, 1.807) is 7.11 Å². The summed E-state index contributed by atoms with van der Waals surface area (Å²) in [6.07, 6.45) is 0. The van der Waals surface area contributed by atoms with Crippen LogP contribution >= 0.6 is 0 Å². The second-order valence-electron chi connectivity index (χ2n) is 5.33. The minimum absolute atomic E-state index is 0.494. The molecule has 114 valence electrons. The van der Waals surface area contributed by atoms with Gasteiger partial charge in [0.2, 0.25) is 0 Å². The van der Waals surface area contributed by atoms with Gasteiger partial charge < -0.3 is 19.7 Å². The van der Waals surface area contributed by atoms with Crippen molar-refractivity contribution < 1.29 is 9.47 Å². The molecule has 0 bridgehead atoms. The minimum atomic E-state index is 0.494. The van der Waals surface area contributed by atoms with Crippen LogP contribution in [0.25, 0.3) is 0 Å². The molecule has 0 aliphatic rings. The van der Waals surface area contributed by atoms with E-state index in [-0.39, 0.29) is 0 Å². The molecule has 1 rings (SSSR count). The molecule has 0 radical (unpaired) electrons. The molecule has 1 aromatic carbocycles. The predicted molar refractivity (Wildman–Crippen MR) is 83.3 cm³/mol. The first-order valence-corrected chi connectivity index (χ1v) is 7.24. The first-order chi connectivity index (χ1) is 9.61. The molecule has 0 heterocycles. The topological polar surface area (TPSA) is 33.7 Å². The SMILES string of the molecule is COCCN(C)CCOc1cccc(CNC(C)C)c1. The van der Waals surface area contributed by atoms with Crippen LogP contribution in [0.15, 0.2) is 24.3 Å². The summed E-state index contributed by atoms with van der Waals surface area (Å²) in [5, 5.41) is 3.41. The van der Waals surface area contributed by atoms with Crippen molar-refractivity contribution in [1.82, 2.24) is 10.2 Å². The van der Waals surface area contributed by atoms with E-state index in [1.165, 1.54) is 5.56 Å². The predicted octanol–water partition coefficient (Wildman–Crippen LogP) is 2.14. The summed E-state index contributed by atoms with van der Waals surface area (Å²) >= 11 is 0. The molecule has 0 aliphatic carbocycles. The van der Waals surface area contributed by atoms with Crippen molar-refractivity contribution in [3.8, 4) is 5.75 Å². The molecule has 0 spiro atoms. The Hall–Kier alpha value is -1.10. The Morgan fingerprint density at radius 1 is 1.20 bits per heavy atom. The molecule has 0 aliphatic heterocycles. The van der Waals surface area contributed by atoms with Gasteiger partial charge in [0, 0.05) is 32.8 Å². The average Bonchev–Trinajstić information content (AvgIpc) is 2.43. The van der Waals surface area contributed by atoms with Crippen LogP contribution in [0.4, 0.5) is 0 Å². The van der Waals surface area contributed by atoms with Crippen molar-refractivity contribution in [3.05, 3.63) is 29.8 Å². The monoisotopic (exact) mass is 280 g/mol. The van der Waals surface area contributed by atoms with E-state index in [0.29, 0.717) is 12.6 Å². The largest absolute Gasteiger partial charge is 0.492 e. The van der Waals surface area contributed by atoms with Crippen LogP contribution < -0.4 is 10.1 Å². The third kappa shape index (κ3) is 7.48. The highest BCUT2D eigenvalue weighted by Crippen LogP contribution is 2.13. The summed E-state index contributed by atoms with van der Waals surface area (Å²) in [4.78, 5) is 2.20. The van der Waals surface area contributed by atoms with Gasteiger partial charge in [-0.1, -0.05) is 26.0 Å². The summed E-state index contributed by atoms with van der Waals surface area (Å²) in [5.41, 5.74) is 1.25. The van der Waals surface area contributed by atoms with Crippen LogP contribution in [0, 0.1) is 0 Å². The van der Waals surface area contributed by atoms with Crippen LogP contribution in [0.3, 0.4) is 0 Å². The van der Waals surface area contributed by atoms with Gasteiger partial charge in [0.25, 0.3) is 0 Å². The van der Waals surface area contributed by atoms with Crippen LogP contribution in [-0.4, -0.2) is 51.4 Å². The van der Waals surface area contributed by atoms with E-state index >= 15 is 0 Å². The van der Waals surface area contributed by atoms with Gasteiger partial charge in [-0.2, -0.15) is 0 Å². The average molecular weight is 280 g/mol. The van der Waals surface area contributed by atoms with E-state index in [1.807, 2.05) is 12.1 Å². The van der Waals surface area contributed by atoms with Gasteiger partial charge in [-0.25, -0.2) is 0 Å². The number of likely N-dealkylation sites (N-methyl/N-ethyl adjacent to an activating group) is 1. The molecular weight excluding hydrogens is 252 g/mol. The van der Waals surface area contributed by atoms with E-state index in [0.717, 1.165) is 32.0 Å². The Morgan fingerprint density at radius 3 is 2.65 bits per heavy atom. The Bertz CT molecular complexity index is 369. The smallest absolute Gasteiger partial charge is 0.119 e. The zero-order valence-corrected chi connectivity index (χ0v) is 13.2. The number of hydrogen-bond donors (Lipinski definition) is 1. The van der Waals surface area contributed by atoms with Crippen LogP contribution in [0.5, 0.6) is 5.75 Å². The Balaban J connectivity index is 2.31. The highest BCUT2D eigenvalue weighted by molar-refractivity contribution is 5.28. The first kappa shape index (κ1) is 17.0. The van der Waals surface area contributed by atoms with Crippen LogP contribution in [-0.2, 0) is 11.3 Å². The van der Waals surface area contributed by atoms with Gasteiger partial charge in [-0.05, 0) is 24.7 Å². The summed E-state index contributed by atoms with van der Waals surface area (Å²) in [6, 6.07) is 8.77. The lowest BCUT2D eigenvalue weighted by molar-refractivity contribution is 0.150. The van der Waals surface area contributed by atoms with Gasteiger partial charge in [-0.3, -0.25) is 0 Å². The molecule has 4 heteroatoms. The van der Waals surface area contributed by atoms with Gasteiger partial charge in [0.1, 0.15) is 12.4 Å². The second kappa shape index (κ2) is 9.75. The molecule has 0 amide bonds. The fourth-order valence-electron chi connectivity index (χ4n) is 1.75. The first-order valence-electron chi connectivity index (χ1n) is 7.24. The zero-order chi connectivity index (χ0) is 14.8. The molecule has 1 aromatic rings. The van der Waals surface area contributed by atoms with Crippen LogP contribution in [0.2, 0.25) is 0 Å². The number of rotatable bonds is 10. The van der Waals surface area contributed by atoms with E-state index in [9.17, 15) is 0 Å². The Labute approximate surface area is 123 Å². The summed E-state index contributed by atoms with van der Waals surface area (Å²) in [7, 11) is 3.80. The van der Waals surface area contributed by atoms with Crippen LogP contribution in [0.1, 0.15) is 19.4 Å². The third-order valence-corrected chi connectivity index (χ3v) is 3.03. The van der Waals surface area contributed by atoms with Crippen molar-refractivity contribution in [3.63, 3.8) is 0 Å². The minimum Gasteiger partial charge on any atom is -0.492 e. The van der Waals surface area contributed by atoms with Crippen molar-refractivity contribution in [2.75, 3.05) is 40.5 Å². The maximum Gasteiger partial charge on any atom is 0.119 e. The molecule has 4 nitrogen and oxygen atoms in total. The molecule has 20 heavy (non-hydrogen) atoms. The Kier molecular flexibility index (Phi) is 8.26. The molecule has 0 aromatic heterocycles. The number of benzene rings is 1. The molecule has 0 atom stereocenters. The molecule has 0 unspecified atom stereocenters. The summed E-state index contributed by atoms with van der Waals surface area (Å²) in [5.74, 6) is 0.938. The van der Waals surface area contributed by atoms with E-state index in [2.05, 4.69) is 43.2 Å². The maximum atomic E-state index is 5.79. The van der Waals surface area contributed by atoms with Gasteiger partial charge in [0.05, 0.1) is 6.61 Å². The van der Waals surface area contributed by atoms with Crippen molar-refractivity contribution in [2.45, 2.75) is 26.4 Å². The zero-order valence-electron chi connectivity index (χ0n) is 13.2. The van der Waals surface area contributed by atoms with E-state index < -0.39 is 0 Å². The quantitative estimate of drug-likeness (QED) is 0.712. The lowest BCUT2D eigenvalue weighted by atomic mass is 10.2. The number of nitrogens with one attached hydrogen (secondary N) is 1. The molecule has 0 fully saturated rings. The van der Waals surface area contributed by atoms with Gasteiger partial charge in [0.15, 0.2) is 0 Å². The highest BCUT2D eigenvalue weighted by Gasteiger charge is 2.01. The number of nitrogens with zero attached hydrogens (tertiary/aromatic N) is 1. The van der Waals surface area contributed by atoms with Crippen molar-refractivity contribution in [1.29, 1.82) is 0 Å². The number of methoxy groups -OCH3 is 1. The second-order valence-corrected chi connectivity index (χ2v) is 5.33. The standard InChI is InChI=1S/C16H28N2O2/c1-14(2)17-13-15-6-5-7-16(12-15)20-11-9-18(3)8-10-19-4/h5-7,12,14,17H,8-11,13H2,1-4H3. The maximum absolute atomic E-state index is 5.79. The van der Waals surface area contributed by atoms with Crippen molar-refractivity contribution >= 4 is 0 Å². The fourth-order valence-corrected chi connectivity index (χ4v) is 1.75. The lowest BCUT2D eigenvalue weighted by Crippen LogP contribution is -2.27.